The average Bonchev–Trinajstić information content (AvgIpc) is 2.39. The molecule has 0 fully saturated rings. The standard InChI is InChI=1S/C16H30/c1-11(2)14-7-8-15(12(3)4)10-16(9-14)13(5)6/h7,11-13,15-16H,8-10H2,1-6H3. The Morgan fingerprint density at radius 2 is 1.50 bits per heavy atom. The van der Waals surface area contributed by atoms with E-state index < -0.39 is 0 Å². The third-order valence-corrected chi connectivity index (χ3v) is 4.41. The van der Waals surface area contributed by atoms with Gasteiger partial charge in [-0.3, -0.25) is 0 Å². The van der Waals surface area contributed by atoms with Crippen molar-refractivity contribution in [1.29, 1.82) is 0 Å². The van der Waals surface area contributed by atoms with Crippen LogP contribution in [0.3, 0.4) is 0 Å². The van der Waals surface area contributed by atoms with E-state index in [0.717, 1.165) is 29.6 Å². The fraction of sp³-hybridized carbons (Fsp3) is 0.875. The van der Waals surface area contributed by atoms with E-state index in [1.807, 2.05) is 0 Å². The highest BCUT2D eigenvalue weighted by Gasteiger charge is 2.25. The van der Waals surface area contributed by atoms with Gasteiger partial charge in [-0.2, -0.15) is 0 Å². The molecule has 0 bridgehead atoms. The molecular formula is C16H30. The van der Waals surface area contributed by atoms with Gasteiger partial charge in [-0.15, -0.1) is 0 Å². The first-order valence-corrected chi connectivity index (χ1v) is 7.10. The Morgan fingerprint density at radius 1 is 0.938 bits per heavy atom. The van der Waals surface area contributed by atoms with Crippen molar-refractivity contribution in [3.8, 4) is 0 Å². The minimum absolute atomic E-state index is 0.743. The largest absolute Gasteiger partial charge is 0.0848 e. The summed E-state index contributed by atoms with van der Waals surface area (Å²) in [5, 5.41) is 0. The molecule has 0 amide bonds. The lowest BCUT2D eigenvalue weighted by molar-refractivity contribution is 0.257. The molecule has 0 aliphatic heterocycles. The summed E-state index contributed by atoms with van der Waals surface area (Å²) in [5.74, 6) is 4.23. The first-order chi connectivity index (χ1) is 7.41. The Bertz CT molecular complexity index is 232. The van der Waals surface area contributed by atoms with Crippen molar-refractivity contribution in [2.75, 3.05) is 0 Å². The summed E-state index contributed by atoms with van der Waals surface area (Å²) >= 11 is 0. The molecular weight excluding hydrogens is 192 g/mol. The van der Waals surface area contributed by atoms with E-state index in [4.69, 9.17) is 0 Å². The second kappa shape index (κ2) is 5.89. The highest BCUT2D eigenvalue weighted by molar-refractivity contribution is 5.09. The quantitative estimate of drug-likeness (QED) is 0.569. The maximum Gasteiger partial charge on any atom is -0.0260 e. The van der Waals surface area contributed by atoms with Gasteiger partial charge in [0, 0.05) is 0 Å². The molecule has 0 aromatic rings. The number of allylic oxidation sites excluding steroid dienone is 2. The molecule has 94 valence electrons. The average molecular weight is 222 g/mol. The second-order valence-corrected chi connectivity index (χ2v) is 6.62. The van der Waals surface area contributed by atoms with E-state index in [1.165, 1.54) is 19.3 Å². The molecule has 0 nitrogen and oxygen atoms in total. The molecule has 0 aromatic carbocycles. The molecule has 0 heteroatoms. The normalized spacial score (nSPS) is 27.4. The molecule has 0 heterocycles. The van der Waals surface area contributed by atoms with Gasteiger partial charge in [0.2, 0.25) is 0 Å². The molecule has 0 saturated heterocycles. The van der Waals surface area contributed by atoms with Gasteiger partial charge in [0.15, 0.2) is 0 Å². The lowest BCUT2D eigenvalue weighted by atomic mass is 9.79. The third-order valence-electron chi connectivity index (χ3n) is 4.41. The minimum atomic E-state index is 0.743. The predicted molar refractivity (Wildman–Crippen MR) is 73.4 cm³/mol. The molecule has 1 rings (SSSR count). The Morgan fingerprint density at radius 3 is 1.94 bits per heavy atom. The number of hydrogen-bond donors (Lipinski definition) is 0. The highest BCUT2D eigenvalue weighted by atomic mass is 14.3. The van der Waals surface area contributed by atoms with Crippen LogP contribution in [0.25, 0.3) is 0 Å². The van der Waals surface area contributed by atoms with Crippen molar-refractivity contribution in [2.24, 2.45) is 29.6 Å². The van der Waals surface area contributed by atoms with Crippen LogP contribution in [0.1, 0.15) is 60.8 Å². The zero-order valence-corrected chi connectivity index (χ0v) is 12.1. The monoisotopic (exact) mass is 222 g/mol. The molecule has 2 atom stereocenters. The van der Waals surface area contributed by atoms with Gasteiger partial charge in [-0.1, -0.05) is 53.2 Å². The van der Waals surface area contributed by atoms with Crippen molar-refractivity contribution in [3.05, 3.63) is 11.6 Å². The molecule has 1 aliphatic rings. The van der Waals surface area contributed by atoms with Gasteiger partial charge >= 0.3 is 0 Å². The van der Waals surface area contributed by atoms with Gasteiger partial charge in [0.1, 0.15) is 0 Å². The van der Waals surface area contributed by atoms with E-state index in [1.54, 1.807) is 5.57 Å². The first-order valence-electron chi connectivity index (χ1n) is 7.10. The molecule has 1 aliphatic carbocycles. The smallest absolute Gasteiger partial charge is 0.0260 e. The van der Waals surface area contributed by atoms with Crippen LogP contribution in [-0.4, -0.2) is 0 Å². The maximum absolute atomic E-state index is 2.55. The minimum Gasteiger partial charge on any atom is -0.0848 e. The van der Waals surface area contributed by atoms with Gasteiger partial charge in [-0.25, -0.2) is 0 Å². The Labute approximate surface area is 103 Å². The summed E-state index contributed by atoms with van der Waals surface area (Å²) in [5.41, 5.74) is 1.71. The van der Waals surface area contributed by atoms with Crippen LogP contribution in [-0.2, 0) is 0 Å². The molecule has 0 N–H and O–H groups in total. The summed E-state index contributed by atoms with van der Waals surface area (Å²) in [7, 11) is 0. The molecule has 16 heavy (non-hydrogen) atoms. The van der Waals surface area contributed by atoms with Crippen LogP contribution in [0, 0.1) is 29.6 Å². The Kier molecular flexibility index (Phi) is 5.08. The fourth-order valence-electron chi connectivity index (χ4n) is 2.78. The van der Waals surface area contributed by atoms with Gasteiger partial charge in [0.05, 0.1) is 0 Å². The van der Waals surface area contributed by atoms with Gasteiger partial charge in [-0.05, 0) is 48.9 Å². The molecule has 2 unspecified atom stereocenters. The summed E-state index contributed by atoms with van der Waals surface area (Å²) < 4.78 is 0. The first kappa shape index (κ1) is 13.8. The number of rotatable bonds is 3. The van der Waals surface area contributed by atoms with Gasteiger partial charge < -0.3 is 0 Å². The van der Waals surface area contributed by atoms with Crippen LogP contribution in [0.2, 0.25) is 0 Å². The Hall–Kier alpha value is -0.260. The summed E-state index contributed by atoms with van der Waals surface area (Å²) in [6.07, 6.45) is 6.65. The lowest BCUT2D eigenvalue weighted by Gasteiger charge is -2.26. The fourth-order valence-corrected chi connectivity index (χ4v) is 2.78. The molecule has 0 saturated carbocycles. The molecule has 0 spiro atoms. The number of hydrogen-bond acceptors (Lipinski definition) is 0. The van der Waals surface area contributed by atoms with E-state index in [-0.39, 0.29) is 0 Å². The van der Waals surface area contributed by atoms with E-state index in [2.05, 4.69) is 47.6 Å². The van der Waals surface area contributed by atoms with Crippen molar-refractivity contribution in [1.82, 2.24) is 0 Å². The van der Waals surface area contributed by atoms with Gasteiger partial charge in [0.25, 0.3) is 0 Å². The van der Waals surface area contributed by atoms with E-state index in [0.29, 0.717) is 0 Å². The second-order valence-electron chi connectivity index (χ2n) is 6.62. The van der Waals surface area contributed by atoms with Crippen molar-refractivity contribution >= 4 is 0 Å². The zero-order valence-electron chi connectivity index (χ0n) is 12.1. The molecule has 0 radical (unpaired) electrons. The lowest BCUT2D eigenvalue weighted by Crippen LogP contribution is -2.16. The SMILES string of the molecule is CC(C)C1=CCC(C(C)C)CC(C(C)C)C1. The topological polar surface area (TPSA) is 0 Å². The summed E-state index contributed by atoms with van der Waals surface area (Å²) in [6, 6.07) is 0. The zero-order chi connectivity index (χ0) is 12.3. The van der Waals surface area contributed by atoms with Crippen molar-refractivity contribution < 1.29 is 0 Å². The summed E-state index contributed by atoms with van der Waals surface area (Å²) in [4.78, 5) is 0. The van der Waals surface area contributed by atoms with E-state index in [9.17, 15) is 0 Å². The highest BCUT2D eigenvalue weighted by Crippen LogP contribution is 2.37. The van der Waals surface area contributed by atoms with Crippen molar-refractivity contribution in [2.45, 2.75) is 60.8 Å². The predicted octanol–water partition coefficient (Wildman–Crippen LogP) is 5.30. The molecule has 0 aromatic heterocycles. The Balaban J connectivity index is 2.79. The van der Waals surface area contributed by atoms with E-state index >= 15 is 0 Å². The van der Waals surface area contributed by atoms with Crippen molar-refractivity contribution in [3.63, 3.8) is 0 Å². The summed E-state index contributed by atoms with van der Waals surface area (Å²) in [6.45, 7) is 14.3. The van der Waals surface area contributed by atoms with Crippen LogP contribution >= 0.6 is 0 Å². The van der Waals surface area contributed by atoms with Crippen LogP contribution in [0.5, 0.6) is 0 Å². The maximum atomic E-state index is 2.55. The van der Waals surface area contributed by atoms with Crippen LogP contribution in [0.15, 0.2) is 11.6 Å². The third kappa shape index (κ3) is 3.64. The van der Waals surface area contributed by atoms with Crippen LogP contribution < -0.4 is 0 Å². The van der Waals surface area contributed by atoms with Crippen LogP contribution in [0.4, 0.5) is 0 Å².